The van der Waals surface area contributed by atoms with Gasteiger partial charge in [0.25, 0.3) is 5.56 Å². The number of thiophene rings is 1. The molecule has 1 fully saturated rings. The second kappa shape index (κ2) is 13.7. The van der Waals surface area contributed by atoms with E-state index in [1.807, 2.05) is 0 Å². The number of thioether (sulfide) groups is 1. The van der Waals surface area contributed by atoms with Crippen LogP contribution in [0, 0.1) is 6.92 Å². The maximum Gasteiger partial charge on any atom is 0.260 e. The van der Waals surface area contributed by atoms with Crippen molar-refractivity contribution >= 4 is 87.3 Å². The highest BCUT2D eigenvalue weighted by Gasteiger charge is 2.20. The molecule has 0 atom stereocenters. The topological polar surface area (TPSA) is 77.1 Å². The number of anilines is 1. The van der Waals surface area contributed by atoms with Gasteiger partial charge in [0, 0.05) is 48.7 Å². The van der Waals surface area contributed by atoms with Crippen LogP contribution in [0.15, 0.2) is 40.3 Å². The van der Waals surface area contributed by atoms with E-state index in [2.05, 4.69) is 57.4 Å². The summed E-state index contributed by atoms with van der Waals surface area (Å²) in [6.07, 6.45) is 1.99. The molecule has 2 aliphatic heterocycles. The van der Waals surface area contributed by atoms with Gasteiger partial charge in [0.15, 0.2) is 5.16 Å². The van der Waals surface area contributed by atoms with Gasteiger partial charge in [-0.05, 0) is 56.1 Å². The lowest BCUT2D eigenvalue weighted by Gasteiger charge is -2.35. The summed E-state index contributed by atoms with van der Waals surface area (Å²) in [7, 11) is 0. The molecule has 3 aromatic heterocycles. The molecule has 0 unspecified atom stereocenters. The third-order valence-corrected chi connectivity index (χ3v) is 9.11. The molecule has 206 valence electrons. The van der Waals surface area contributed by atoms with E-state index in [1.165, 1.54) is 21.4 Å². The smallest absolute Gasteiger partial charge is 0.260 e. The maximum atomic E-state index is 12.7. The first-order chi connectivity index (χ1) is 17.2. The van der Waals surface area contributed by atoms with E-state index in [0.29, 0.717) is 0 Å². The zero-order valence-corrected chi connectivity index (χ0v) is 25.3. The molecule has 38 heavy (non-hydrogen) atoms. The number of H-pyrrole nitrogens is 1. The number of benzene rings is 1. The Labute approximate surface area is 249 Å². The second-order valence-corrected chi connectivity index (χ2v) is 11.5. The summed E-state index contributed by atoms with van der Waals surface area (Å²) < 4.78 is 0. The Morgan fingerprint density at radius 2 is 1.87 bits per heavy atom. The minimum absolute atomic E-state index is 0. The Morgan fingerprint density at radius 1 is 1.08 bits per heavy atom. The van der Waals surface area contributed by atoms with E-state index >= 15 is 0 Å². The van der Waals surface area contributed by atoms with Gasteiger partial charge in [0.1, 0.15) is 10.6 Å². The summed E-state index contributed by atoms with van der Waals surface area (Å²) in [6, 6.07) is 10.6. The molecule has 0 amide bonds. The number of nitrogens with one attached hydrogen (secondary N) is 2. The van der Waals surface area contributed by atoms with Crippen LogP contribution in [-0.4, -0.2) is 64.9 Å². The van der Waals surface area contributed by atoms with Gasteiger partial charge in [-0.25, -0.2) is 9.97 Å². The number of pyridine rings is 1. The third-order valence-electron chi connectivity index (χ3n) is 7.02. The van der Waals surface area contributed by atoms with Crippen molar-refractivity contribution in [1.82, 2.24) is 25.2 Å². The normalized spacial score (nSPS) is 15.4. The number of para-hydroxylation sites is 1. The molecule has 0 saturated carbocycles. The van der Waals surface area contributed by atoms with Gasteiger partial charge in [-0.3, -0.25) is 9.69 Å². The summed E-state index contributed by atoms with van der Waals surface area (Å²) in [5.74, 6) is 2.04. The first-order valence-corrected chi connectivity index (χ1v) is 14.2. The van der Waals surface area contributed by atoms with Crippen LogP contribution in [0.4, 0.5) is 5.82 Å². The Balaban J connectivity index is 0.00000133. The molecule has 0 aliphatic carbocycles. The summed E-state index contributed by atoms with van der Waals surface area (Å²) in [4.78, 5) is 32.5. The van der Waals surface area contributed by atoms with Crippen LogP contribution in [-0.2, 0) is 13.0 Å². The Morgan fingerprint density at radius 3 is 2.68 bits per heavy atom. The Kier molecular flexibility index (Phi) is 11.1. The highest BCUT2D eigenvalue weighted by molar-refractivity contribution is 7.99. The van der Waals surface area contributed by atoms with Crippen LogP contribution in [0.2, 0.25) is 0 Å². The molecule has 5 heterocycles. The summed E-state index contributed by atoms with van der Waals surface area (Å²) >= 11 is 3.33. The van der Waals surface area contributed by atoms with Gasteiger partial charge in [-0.2, -0.15) is 0 Å². The van der Waals surface area contributed by atoms with E-state index in [4.69, 9.17) is 9.97 Å². The number of aromatic nitrogens is 3. The first kappa shape index (κ1) is 30.9. The number of nitrogens with zero attached hydrogens (tertiary/aromatic N) is 4. The lowest BCUT2D eigenvalue weighted by Crippen LogP contribution is -2.47. The van der Waals surface area contributed by atoms with Crippen LogP contribution in [0.1, 0.15) is 22.4 Å². The van der Waals surface area contributed by atoms with Crippen LogP contribution in [0.3, 0.4) is 0 Å². The number of piperazine rings is 1. The minimum Gasteiger partial charge on any atom is -0.354 e. The molecule has 1 aromatic carbocycles. The number of hydrogen-bond donors (Lipinski definition) is 2. The number of fused-ring (bicyclic) bond motifs is 4. The molecule has 1 saturated heterocycles. The molecular weight excluding hydrogens is 583 g/mol. The highest BCUT2D eigenvalue weighted by Crippen LogP contribution is 2.31. The summed E-state index contributed by atoms with van der Waals surface area (Å²) in [5.41, 5.74) is 3.58. The molecule has 2 N–H and O–H groups in total. The lowest BCUT2D eigenvalue weighted by molar-refractivity contribution is 0.258. The Bertz CT molecular complexity index is 1440. The zero-order chi connectivity index (χ0) is 23.8. The van der Waals surface area contributed by atoms with Gasteiger partial charge in [-0.1, -0.05) is 30.0 Å². The van der Waals surface area contributed by atoms with E-state index in [9.17, 15) is 4.79 Å². The van der Waals surface area contributed by atoms with Crippen LogP contribution < -0.4 is 15.8 Å². The fraction of sp³-hybridized carbons (Fsp3) is 0.423. The van der Waals surface area contributed by atoms with E-state index in [0.717, 1.165) is 91.1 Å². The lowest BCUT2D eigenvalue weighted by atomic mass is 10.1. The maximum absolute atomic E-state index is 12.7. The number of halogens is 3. The van der Waals surface area contributed by atoms with Crippen LogP contribution in [0.5, 0.6) is 0 Å². The van der Waals surface area contributed by atoms with Gasteiger partial charge < -0.3 is 15.2 Å². The van der Waals surface area contributed by atoms with Gasteiger partial charge in [0.2, 0.25) is 0 Å². The van der Waals surface area contributed by atoms with E-state index < -0.39 is 0 Å². The largest absolute Gasteiger partial charge is 0.354 e. The van der Waals surface area contributed by atoms with E-state index in [-0.39, 0.29) is 42.8 Å². The predicted octanol–water partition coefficient (Wildman–Crippen LogP) is 5.06. The monoisotopic (exact) mass is 614 g/mol. The van der Waals surface area contributed by atoms with Gasteiger partial charge >= 0.3 is 0 Å². The molecule has 2 aliphatic rings. The molecule has 12 heteroatoms. The molecule has 0 spiro atoms. The summed E-state index contributed by atoms with van der Waals surface area (Å²) in [6.45, 7) is 9.12. The summed E-state index contributed by atoms with van der Waals surface area (Å²) in [5, 5.41) is 6.18. The number of aryl methyl sites for hydroxylation is 1. The van der Waals surface area contributed by atoms with Crippen molar-refractivity contribution in [3.8, 4) is 0 Å². The van der Waals surface area contributed by atoms with Crippen molar-refractivity contribution in [3.05, 3.63) is 56.7 Å². The molecular formula is C26H33Cl3N6OS2. The molecule has 0 bridgehead atoms. The van der Waals surface area contributed by atoms with Crippen molar-refractivity contribution < 1.29 is 0 Å². The standard InChI is InChI=1S/C26H30N6OS2.3ClH/c1-17-15-22(28-20-6-3-2-5-18(17)20)32-12-10-31(11-13-32)9-4-14-34-26-29-24(33)23-19-7-8-27-16-21(19)35-25(23)30-26;;;/h2-3,5-6,15,27H,4,7-14,16H2,1H3,(H,29,30,33);3*1H. The zero-order valence-electron chi connectivity index (χ0n) is 21.2. The average Bonchev–Trinajstić information content (AvgIpc) is 3.26. The van der Waals surface area contributed by atoms with Crippen molar-refractivity contribution in [2.24, 2.45) is 0 Å². The molecule has 6 rings (SSSR count). The fourth-order valence-electron chi connectivity index (χ4n) is 5.13. The van der Waals surface area contributed by atoms with Crippen LogP contribution >= 0.6 is 60.3 Å². The average molecular weight is 616 g/mol. The number of rotatable bonds is 6. The SMILES string of the molecule is Cc1cc(N2CCN(CCCSc3nc4sc5c(c4c(=O)[nH]3)CCNC5)CC2)nc2ccccc12.Cl.Cl.Cl. The number of aromatic amines is 1. The number of hydrogen-bond acceptors (Lipinski definition) is 8. The highest BCUT2D eigenvalue weighted by atomic mass is 35.5. The van der Waals surface area contributed by atoms with E-state index in [1.54, 1.807) is 23.1 Å². The van der Waals surface area contributed by atoms with Crippen molar-refractivity contribution in [2.75, 3.05) is 49.9 Å². The molecule has 7 nitrogen and oxygen atoms in total. The molecule has 0 radical (unpaired) electrons. The predicted molar refractivity (Wildman–Crippen MR) is 168 cm³/mol. The third kappa shape index (κ3) is 6.41. The van der Waals surface area contributed by atoms with Gasteiger partial charge in [-0.15, -0.1) is 48.6 Å². The molecule has 4 aromatic rings. The van der Waals surface area contributed by atoms with Crippen molar-refractivity contribution in [3.63, 3.8) is 0 Å². The Hall–Kier alpha value is -1.59. The van der Waals surface area contributed by atoms with Gasteiger partial charge in [0.05, 0.1) is 10.9 Å². The fourth-order valence-corrected chi connectivity index (χ4v) is 7.17. The first-order valence-electron chi connectivity index (χ1n) is 12.4. The van der Waals surface area contributed by atoms with Crippen molar-refractivity contribution in [2.45, 2.75) is 31.5 Å². The van der Waals surface area contributed by atoms with Crippen molar-refractivity contribution in [1.29, 1.82) is 0 Å². The quantitative estimate of drug-likeness (QED) is 0.178. The minimum atomic E-state index is 0. The van der Waals surface area contributed by atoms with Crippen LogP contribution in [0.25, 0.3) is 21.1 Å². The second-order valence-electron chi connectivity index (χ2n) is 9.33.